The summed E-state index contributed by atoms with van der Waals surface area (Å²) in [5, 5.41) is 0.669. The minimum atomic E-state index is -0.887. The Morgan fingerprint density at radius 1 is 1.47 bits per heavy atom. The summed E-state index contributed by atoms with van der Waals surface area (Å²) < 4.78 is 13.1. The van der Waals surface area contributed by atoms with Crippen LogP contribution < -0.4 is 5.73 Å². The van der Waals surface area contributed by atoms with Crippen molar-refractivity contribution in [2.75, 3.05) is 13.1 Å². The number of likely N-dealkylation sites (tertiary alicyclic amines) is 1. The van der Waals surface area contributed by atoms with E-state index >= 15 is 0 Å². The number of hydrogen-bond acceptors (Lipinski definition) is 1. The van der Waals surface area contributed by atoms with Crippen LogP contribution in [-0.2, 0) is 4.79 Å². The molecule has 1 aliphatic rings. The highest BCUT2D eigenvalue weighted by atomic mass is 35.5. The third-order valence-corrected chi connectivity index (χ3v) is 4.01. The number of rotatable bonds is 3. The van der Waals surface area contributed by atoms with E-state index in [1.54, 1.807) is 17.0 Å². The summed E-state index contributed by atoms with van der Waals surface area (Å²) in [5.41, 5.74) is 4.98. The number of halogens is 2. The Kier molecular flexibility index (Phi) is 4.42. The first-order valence-corrected chi connectivity index (χ1v) is 6.88. The number of quaternary nitrogens is 1. The van der Waals surface area contributed by atoms with E-state index in [4.69, 9.17) is 11.6 Å². The van der Waals surface area contributed by atoms with E-state index in [0.717, 1.165) is 5.56 Å². The van der Waals surface area contributed by atoms with Gasteiger partial charge in [0.05, 0.1) is 6.54 Å². The highest BCUT2D eigenvalue weighted by molar-refractivity contribution is 6.30. The van der Waals surface area contributed by atoms with Gasteiger partial charge in [0.2, 0.25) is 0 Å². The summed E-state index contributed by atoms with van der Waals surface area (Å²) in [6, 6.07) is 7.02. The molecule has 0 saturated carbocycles. The molecule has 19 heavy (non-hydrogen) atoms. The number of hydrogen-bond donors (Lipinski definition) is 1. The van der Waals surface area contributed by atoms with E-state index in [1.165, 1.54) is 0 Å². The molecule has 3 nitrogen and oxygen atoms in total. The quantitative estimate of drug-likeness (QED) is 0.901. The zero-order chi connectivity index (χ0) is 14.0. The van der Waals surface area contributed by atoms with Crippen molar-refractivity contribution in [1.29, 1.82) is 0 Å². The van der Waals surface area contributed by atoms with Gasteiger partial charge in [-0.05, 0) is 24.1 Å². The summed E-state index contributed by atoms with van der Waals surface area (Å²) in [5.74, 6) is -0.0778. The van der Waals surface area contributed by atoms with Crippen LogP contribution in [0.2, 0.25) is 5.02 Å². The maximum atomic E-state index is 13.1. The lowest BCUT2D eigenvalue weighted by molar-refractivity contribution is -0.410. The van der Waals surface area contributed by atoms with Crippen LogP contribution >= 0.6 is 11.6 Å². The average molecular weight is 286 g/mol. The van der Waals surface area contributed by atoms with Crippen molar-refractivity contribution in [3.8, 4) is 0 Å². The minimum absolute atomic E-state index is 0.0107. The topological polar surface area (TPSA) is 48.0 Å². The second-order valence-corrected chi connectivity index (χ2v) is 5.55. The third kappa shape index (κ3) is 3.25. The number of carbonyl (C=O) groups excluding carboxylic acids is 1. The predicted molar refractivity (Wildman–Crippen MR) is 72.6 cm³/mol. The van der Waals surface area contributed by atoms with Gasteiger partial charge in [0, 0.05) is 17.5 Å². The predicted octanol–water partition coefficient (Wildman–Crippen LogP) is 1.62. The Labute approximate surface area is 117 Å². The molecule has 5 heteroatoms. The Hall–Kier alpha value is -1.13. The van der Waals surface area contributed by atoms with Crippen LogP contribution in [0.5, 0.6) is 0 Å². The molecule has 3 atom stereocenters. The highest BCUT2D eigenvalue weighted by Crippen LogP contribution is 2.22. The van der Waals surface area contributed by atoms with Crippen LogP contribution in [0.1, 0.15) is 24.8 Å². The lowest BCUT2D eigenvalue weighted by atomic mass is 9.93. The third-order valence-electron chi connectivity index (χ3n) is 3.76. The fourth-order valence-electron chi connectivity index (χ4n) is 2.36. The summed E-state index contributed by atoms with van der Waals surface area (Å²) in [6.45, 7) is 2.67. The standard InChI is InChI=1S/C14H18ClFN2O/c1-9(10-2-4-11(15)5-3-10)13(17)14(19)18-7-6-12(16)8-18/h2-5,9,12-13H,6-8,17H2,1H3/p+1/t9-,12-,13-/m0/s1. The Morgan fingerprint density at radius 2 is 2.11 bits per heavy atom. The fourth-order valence-corrected chi connectivity index (χ4v) is 2.49. The summed E-state index contributed by atoms with van der Waals surface area (Å²) in [6.07, 6.45) is -0.449. The lowest BCUT2D eigenvalue weighted by Crippen LogP contribution is -2.69. The molecular weight excluding hydrogens is 267 g/mol. The maximum Gasteiger partial charge on any atom is 0.281 e. The zero-order valence-electron chi connectivity index (χ0n) is 11.0. The van der Waals surface area contributed by atoms with Crippen LogP contribution in [0.3, 0.4) is 0 Å². The van der Waals surface area contributed by atoms with Crippen molar-refractivity contribution >= 4 is 17.5 Å². The monoisotopic (exact) mass is 285 g/mol. The van der Waals surface area contributed by atoms with Crippen LogP contribution in [0, 0.1) is 0 Å². The molecule has 0 spiro atoms. The van der Waals surface area contributed by atoms with E-state index in [9.17, 15) is 9.18 Å². The van der Waals surface area contributed by atoms with Crippen molar-refractivity contribution in [2.45, 2.75) is 31.5 Å². The van der Waals surface area contributed by atoms with Crippen LogP contribution in [0.15, 0.2) is 24.3 Å². The molecule has 1 saturated heterocycles. The van der Waals surface area contributed by atoms with Gasteiger partial charge in [-0.15, -0.1) is 0 Å². The molecule has 0 bridgehead atoms. The number of nitrogens with zero attached hydrogens (tertiary/aromatic N) is 1. The van der Waals surface area contributed by atoms with Crippen LogP contribution in [0.25, 0.3) is 0 Å². The first-order chi connectivity index (χ1) is 8.99. The normalized spacial score (nSPS) is 22.3. The van der Waals surface area contributed by atoms with E-state index < -0.39 is 12.2 Å². The number of carbonyl (C=O) groups is 1. The van der Waals surface area contributed by atoms with Crippen molar-refractivity contribution in [3.63, 3.8) is 0 Å². The maximum absolute atomic E-state index is 13.1. The van der Waals surface area contributed by atoms with E-state index in [0.29, 0.717) is 18.0 Å². The highest BCUT2D eigenvalue weighted by Gasteiger charge is 2.34. The van der Waals surface area contributed by atoms with Gasteiger partial charge in [-0.25, -0.2) is 4.39 Å². The number of amides is 1. The van der Waals surface area contributed by atoms with Gasteiger partial charge < -0.3 is 10.6 Å². The zero-order valence-corrected chi connectivity index (χ0v) is 11.7. The molecule has 3 N–H and O–H groups in total. The van der Waals surface area contributed by atoms with Gasteiger partial charge in [0.15, 0.2) is 6.04 Å². The van der Waals surface area contributed by atoms with E-state index in [2.05, 4.69) is 5.73 Å². The molecule has 1 heterocycles. The van der Waals surface area contributed by atoms with Crippen molar-refractivity contribution < 1.29 is 14.9 Å². The molecule has 1 amide bonds. The van der Waals surface area contributed by atoms with Gasteiger partial charge in [-0.2, -0.15) is 0 Å². The molecule has 1 aromatic carbocycles. The Bertz CT molecular complexity index is 451. The summed E-state index contributed by atoms with van der Waals surface area (Å²) in [7, 11) is 0. The molecule has 0 radical (unpaired) electrons. The largest absolute Gasteiger partial charge is 0.347 e. The second-order valence-electron chi connectivity index (χ2n) is 5.12. The van der Waals surface area contributed by atoms with Gasteiger partial charge in [-0.1, -0.05) is 30.7 Å². The van der Waals surface area contributed by atoms with Gasteiger partial charge in [-0.3, -0.25) is 4.79 Å². The lowest BCUT2D eigenvalue weighted by Gasteiger charge is -2.22. The van der Waals surface area contributed by atoms with Crippen LogP contribution in [0.4, 0.5) is 4.39 Å². The molecule has 1 aliphatic heterocycles. The fraction of sp³-hybridized carbons (Fsp3) is 0.500. The van der Waals surface area contributed by atoms with E-state index in [-0.39, 0.29) is 18.4 Å². The van der Waals surface area contributed by atoms with Gasteiger partial charge >= 0.3 is 0 Å². The molecule has 1 aromatic rings. The molecule has 104 valence electrons. The average Bonchev–Trinajstić information content (AvgIpc) is 2.84. The second kappa shape index (κ2) is 5.88. The van der Waals surface area contributed by atoms with E-state index in [1.807, 2.05) is 19.1 Å². The first kappa shape index (κ1) is 14.3. The first-order valence-electron chi connectivity index (χ1n) is 6.50. The number of benzene rings is 1. The van der Waals surface area contributed by atoms with Crippen molar-refractivity contribution in [1.82, 2.24) is 4.90 Å². The summed E-state index contributed by atoms with van der Waals surface area (Å²) in [4.78, 5) is 13.8. The van der Waals surface area contributed by atoms with Crippen LogP contribution in [-0.4, -0.2) is 36.1 Å². The minimum Gasteiger partial charge on any atom is -0.347 e. The number of alkyl halides is 1. The molecule has 1 fully saturated rings. The molecule has 0 aromatic heterocycles. The molecule has 2 rings (SSSR count). The molecule has 0 unspecified atom stereocenters. The van der Waals surface area contributed by atoms with Crippen molar-refractivity contribution in [2.24, 2.45) is 0 Å². The summed E-state index contributed by atoms with van der Waals surface area (Å²) >= 11 is 5.85. The Morgan fingerprint density at radius 3 is 2.63 bits per heavy atom. The van der Waals surface area contributed by atoms with Gasteiger partial charge in [0.1, 0.15) is 6.17 Å². The molecular formula is C14H19ClFN2O+. The molecule has 0 aliphatic carbocycles. The smallest absolute Gasteiger partial charge is 0.281 e. The Balaban J connectivity index is 2.04. The van der Waals surface area contributed by atoms with Gasteiger partial charge in [0.25, 0.3) is 5.91 Å². The SMILES string of the molecule is C[C@@H](c1ccc(Cl)cc1)[C@H]([NH3+])C(=O)N1CC[C@H](F)C1. The van der Waals surface area contributed by atoms with Crippen molar-refractivity contribution in [3.05, 3.63) is 34.9 Å².